The molecule has 0 bridgehead atoms. The first kappa shape index (κ1) is 11.7. The predicted molar refractivity (Wildman–Crippen MR) is 77.0 cm³/mol. The molecule has 0 aliphatic heterocycles. The maximum absolute atomic E-state index is 4.59. The van der Waals surface area contributed by atoms with Gasteiger partial charge < -0.3 is 5.32 Å². The first-order valence-electron chi connectivity index (χ1n) is 6.31. The summed E-state index contributed by atoms with van der Waals surface area (Å²) in [7, 11) is 1.95. The van der Waals surface area contributed by atoms with E-state index in [0.717, 1.165) is 23.3 Å². The Morgan fingerprint density at radius 3 is 2.79 bits per heavy atom. The van der Waals surface area contributed by atoms with E-state index in [1.54, 1.807) is 0 Å². The molecule has 0 spiro atoms. The van der Waals surface area contributed by atoms with Gasteiger partial charge in [-0.25, -0.2) is 4.98 Å². The highest BCUT2D eigenvalue weighted by Crippen LogP contribution is 2.15. The molecular formula is C15H16N4. The van der Waals surface area contributed by atoms with Crippen LogP contribution in [0.15, 0.2) is 42.6 Å². The van der Waals surface area contributed by atoms with Crippen LogP contribution in [0.25, 0.3) is 10.9 Å². The molecule has 0 saturated carbocycles. The van der Waals surface area contributed by atoms with Crippen molar-refractivity contribution in [2.45, 2.75) is 13.5 Å². The summed E-state index contributed by atoms with van der Waals surface area (Å²) in [6, 6.07) is 12.2. The molecule has 3 rings (SSSR count). The zero-order chi connectivity index (χ0) is 13.2. The van der Waals surface area contributed by atoms with Crippen molar-refractivity contribution in [2.75, 3.05) is 5.32 Å². The number of fused-ring (bicyclic) bond motifs is 1. The molecule has 0 saturated heterocycles. The van der Waals surface area contributed by atoms with Crippen LogP contribution in [0.1, 0.15) is 11.3 Å². The second-order valence-corrected chi connectivity index (χ2v) is 4.62. The summed E-state index contributed by atoms with van der Waals surface area (Å²) in [6.07, 6.45) is 1.89. The number of hydrogen-bond acceptors (Lipinski definition) is 3. The summed E-state index contributed by atoms with van der Waals surface area (Å²) in [5.74, 6) is 0.891. The van der Waals surface area contributed by atoms with Crippen molar-refractivity contribution in [1.82, 2.24) is 14.8 Å². The molecule has 0 unspecified atom stereocenters. The molecule has 0 atom stereocenters. The lowest BCUT2D eigenvalue weighted by Gasteiger charge is -2.06. The van der Waals surface area contributed by atoms with Crippen molar-refractivity contribution in [3.05, 3.63) is 53.9 Å². The van der Waals surface area contributed by atoms with E-state index in [-0.39, 0.29) is 0 Å². The zero-order valence-electron chi connectivity index (χ0n) is 11.1. The van der Waals surface area contributed by atoms with Gasteiger partial charge in [0.05, 0.1) is 11.7 Å². The van der Waals surface area contributed by atoms with Gasteiger partial charge in [0.1, 0.15) is 5.82 Å². The molecule has 0 aliphatic carbocycles. The fraction of sp³-hybridized carbons (Fsp3) is 0.200. The van der Waals surface area contributed by atoms with Crippen LogP contribution in [0.4, 0.5) is 5.82 Å². The maximum atomic E-state index is 4.59. The van der Waals surface area contributed by atoms with Crippen LogP contribution in [0.5, 0.6) is 0 Å². The third-order valence-corrected chi connectivity index (χ3v) is 3.40. The van der Waals surface area contributed by atoms with Gasteiger partial charge in [0.25, 0.3) is 0 Å². The van der Waals surface area contributed by atoms with Gasteiger partial charge in [-0.15, -0.1) is 0 Å². The summed E-state index contributed by atoms with van der Waals surface area (Å²) in [6.45, 7) is 2.81. The normalized spacial score (nSPS) is 10.8. The van der Waals surface area contributed by atoms with Gasteiger partial charge in [0, 0.05) is 30.2 Å². The van der Waals surface area contributed by atoms with Crippen LogP contribution < -0.4 is 5.32 Å². The van der Waals surface area contributed by atoms with Gasteiger partial charge >= 0.3 is 0 Å². The molecule has 0 radical (unpaired) electrons. The Bertz CT molecular complexity index is 715. The van der Waals surface area contributed by atoms with E-state index < -0.39 is 0 Å². The molecule has 4 nitrogen and oxygen atoms in total. The number of aryl methyl sites for hydroxylation is 1. The minimum Gasteiger partial charge on any atom is -0.366 e. The Morgan fingerprint density at radius 2 is 2.00 bits per heavy atom. The first-order chi connectivity index (χ1) is 9.24. The van der Waals surface area contributed by atoms with Crippen molar-refractivity contribution in [2.24, 2.45) is 7.05 Å². The molecule has 2 heterocycles. The molecule has 0 amide bonds. The minimum absolute atomic E-state index is 0.741. The Morgan fingerprint density at radius 1 is 1.16 bits per heavy atom. The molecule has 4 heteroatoms. The Labute approximate surface area is 112 Å². The van der Waals surface area contributed by atoms with Gasteiger partial charge in [-0.1, -0.05) is 18.2 Å². The lowest BCUT2D eigenvalue weighted by atomic mass is 10.2. The predicted octanol–water partition coefficient (Wildman–Crippen LogP) is 2.89. The fourth-order valence-electron chi connectivity index (χ4n) is 2.07. The minimum atomic E-state index is 0.741. The topological polar surface area (TPSA) is 42.7 Å². The number of benzene rings is 1. The van der Waals surface area contributed by atoms with Gasteiger partial charge in [0.2, 0.25) is 0 Å². The summed E-state index contributed by atoms with van der Waals surface area (Å²) >= 11 is 0. The maximum Gasteiger partial charge on any atom is 0.126 e. The summed E-state index contributed by atoms with van der Waals surface area (Å²) in [5, 5.41) is 8.74. The zero-order valence-corrected chi connectivity index (χ0v) is 11.1. The molecule has 0 fully saturated rings. The van der Waals surface area contributed by atoms with Crippen LogP contribution in [0.3, 0.4) is 0 Å². The van der Waals surface area contributed by atoms with Crippen LogP contribution >= 0.6 is 0 Å². The van der Waals surface area contributed by atoms with E-state index in [4.69, 9.17) is 0 Å². The van der Waals surface area contributed by atoms with Crippen molar-refractivity contribution in [3.8, 4) is 0 Å². The second-order valence-electron chi connectivity index (χ2n) is 4.62. The lowest BCUT2D eigenvalue weighted by molar-refractivity contribution is 0.738. The number of nitrogens with one attached hydrogen (secondary N) is 1. The number of hydrogen-bond donors (Lipinski definition) is 1. The molecule has 1 aromatic carbocycles. The van der Waals surface area contributed by atoms with Crippen molar-refractivity contribution >= 4 is 16.7 Å². The molecule has 2 aromatic heterocycles. The van der Waals surface area contributed by atoms with E-state index in [1.807, 2.05) is 42.2 Å². The quantitative estimate of drug-likeness (QED) is 0.779. The van der Waals surface area contributed by atoms with Crippen LogP contribution in [-0.2, 0) is 13.6 Å². The number of pyridine rings is 1. The fourth-order valence-corrected chi connectivity index (χ4v) is 2.07. The van der Waals surface area contributed by atoms with Gasteiger partial charge in [-0.05, 0) is 25.1 Å². The average Bonchev–Trinajstić information content (AvgIpc) is 2.76. The van der Waals surface area contributed by atoms with Crippen molar-refractivity contribution < 1.29 is 0 Å². The third-order valence-electron chi connectivity index (χ3n) is 3.40. The van der Waals surface area contributed by atoms with E-state index in [9.17, 15) is 0 Å². The monoisotopic (exact) mass is 252 g/mol. The summed E-state index contributed by atoms with van der Waals surface area (Å²) < 4.78 is 1.88. The van der Waals surface area contributed by atoms with E-state index >= 15 is 0 Å². The molecule has 1 N–H and O–H groups in total. The molecule has 0 aliphatic rings. The molecular weight excluding hydrogens is 236 g/mol. The van der Waals surface area contributed by atoms with Gasteiger partial charge in [-0.2, -0.15) is 5.10 Å². The van der Waals surface area contributed by atoms with Crippen LogP contribution in [-0.4, -0.2) is 14.8 Å². The number of nitrogens with zero attached hydrogens (tertiary/aromatic N) is 3. The summed E-state index contributed by atoms with van der Waals surface area (Å²) in [5.41, 5.74) is 3.38. The van der Waals surface area contributed by atoms with Crippen molar-refractivity contribution in [1.29, 1.82) is 0 Å². The van der Waals surface area contributed by atoms with Crippen LogP contribution in [0.2, 0.25) is 0 Å². The second kappa shape index (κ2) is 4.72. The van der Waals surface area contributed by atoms with Gasteiger partial charge in [0.15, 0.2) is 0 Å². The van der Waals surface area contributed by atoms with Gasteiger partial charge in [-0.3, -0.25) is 4.68 Å². The molecule has 96 valence electrons. The highest BCUT2D eigenvalue weighted by Gasteiger charge is 2.04. The highest BCUT2D eigenvalue weighted by atomic mass is 15.3. The Kier molecular flexibility index (Phi) is 2.91. The number of rotatable bonds is 3. The Hall–Kier alpha value is -2.36. The average molecular weight is 252 g/mol. The van der Waals surface area contributed by atoms with E-state index in [1.165, 1.54) is 11.3 Å². The number of para-hydroxylation sites is 1. The van der Waals surface area contributed by atoms with Crippen molar-refractivity contribution in [3.63, 3.8) is 0 Å². The molecule has 19 heavy (non-hydrogen) atoms. The summed E-state index contributed by atoms with van der Waals surface area (Å²) in [4.78, 5) is 4.59. The highest BCUT2D eigenvalue weighted by molar-refractivity contribution is 5.80. The smallest absolute Gasteiger partial charge is 0.126 e. The molecule has 3 aromatic rings. The first-order valence-corrected chi connectivity index (χ1v) is 6.31. The third kappa shape index (κ3) is 2.29. The van der Waals surface area contributed by atoms with Crippen LogP contribution in [0, 0.1) is 6.92 Å². The largest absolute Gasteiger partial charge is 0.366 e. The van der Waals surface area contributed by atoms with E-state index in [0.29, 0.717) is 0 Å². The lowest BCUT2D eigenvalue weighted by Crippen LogP contribution is -2.02. The Balaban J connectivity index is 1.80. The van der Waals surface area contributed by atoms with E-state index in [2.05, 4.69) is 34.5 Å². The SMILES string of the molecule is Cc1c(CNc2ccc3ccccc3n2)cnn1C. The number of anilines is 1. The standard InChI is InChI=1S/C15H16N4/c1-11-13(10-17-19(11)2)9-16-15-8-7-12-5-3-4-6-14(12)18-15/h3-8,10H,9H2,1-2H3,(H,16,18). The number of aromatic nitrogens is 3.